The second-order valence-corrected chi connectivity index (χ2v) is 6.27. The van der Waals surface area contributed by atoms with E-state index in [9.17, 15) is 0 Å². The van der Waals surface area contributed by atoms with Gasteiger partial charge in [0.2, 0.25) is 0 Å². The average Bonchev–Trinajstić information content (AvgIpc) is 2.63. The number of hydrogen-bond acceptors (Lipinski definition) is 2. The first-order chi connectivity index (χ1) is 11.8. The summed E-state index contributed by atoms with van der Waals surface area (Å²) < 4.78 is 0. The normalized spacial score (nSPS) is 13.4. The van der Waals surface area contributed by atoms with Crippen LogP contribution in [0.15, 0.2) is 78.1 Å². The van der Waals surface area contributed by atoms with Crippen LogP contribution >= 0.6 is 11.6 Å². The molecule has 1 aromatic heterocycles. The van der Waals surface area contributed by atoms with Crippen molar-refractivity contribution in [2.24, 2.45) is 0 Å². The van der Waals surface area contributed by atoms with Crippen LogP contribution in [0.4, 0.5) is 0 Å². The van der Waals surface area contributed by atoms with Crippen LogP contribution in [0.3, 0.4) is 0 Å². The first-order valence-corrected chi connectivity index (χ1v) is 8.38. The van der Waals surface area contributed by atoms with Crippen LogP contribution in [0.5, 0.6) is 0 Å². The lowest BCUT2D eigenvalue weighted by atomic mass is 9.93. The van der Waals surface area contributed by atoms with Crippen LogP contribution in [0.25, 0.3) is 17.2 Å². The monoisotopic (exact) mass is 332 g/mol. The molecule has 2 aromatic carbocycles. The highest BCUT2D eigenvalue weighted by molar-refractivity contribution is 6.31. The summed E-state index contributed by atoms with van der Waals surface area (Å²) in [5.41, 5.74) is 6.02. The maximum Gasteiger partial charge on any atom is 0.106 e. The van der Waals surface area contributed by atoms with E-state index in [2.05, 4.69) is 58.4 Å². The third-order valence-electron chi connectivity index (χ3n) is 4.30. The van der Waals surface area contributed by atoms with E-state index in [4.69, 9.17) is 11.6 Å². The molecule has 0 atom stereocenters. The van der Waals surface area contributed by atoms with Crippen molar-refractivity contribution in [3.63, 3.8) is 0 Å². The molecule has 3 heteroatoms. The largest absolute Gasteiger partial charge is 0.352 e. The van der Waals surface area contributed by atoms with Gasteiger partial charge >= 0.3 is 0 Å². The molecule has 0 N–H and O–H groups in total. The van der Waals surface area contributed by atoms with Crippen molar-refractivity contribution in [1.82, 2.24) is 9.88 Å². The van der Waals surface area contributed by atoms with Gasteiger partial charge in [0.1, 0.15) is 5.16 Å². The molecule has 3 aromatic rings. The molecule has 0 unspecified atom stereocenters. The Bertz CT molecular complexity index is 873. The topological polar surface area (TPSA) is 16.1 Å². The highest BCUT2D eigenvalue weighted by Crippen LogP contribution is 2.34. The predicted octanol–water partition coefficient (Wildman–Crippen LogP) is 5.30. The molecule has 0 bridgehead atoms. The Morgan fingerprint density at radius 1 is 0.917 bits per heavy atom. The summed E-state index contributed by atoms with van der Waals surface area (Å²) >= 11 is 6.52. The van der Waals surface area contributed by atoms with E-state index in [1.54, 1.807) is 0 Å². The zero-order valence-corrected chi connectivity index (χ0v) is 13.9. The van der Waals surface area contributed by atoms with E-state index >= 15 is 0 Å². The molecule has 0 fully saturated rings. The van der Waals surface area contributed by atoms with Gasteiger partial charge in [-0.25, -0.2) is 0 Å². The highest BCUT2D eigenvalue weighted by Gasteiger charge is 2.20. The van der Waals surface area contributed by atoms with Crippen molar-refractivity contribution < 1.29 is 0 Å². The molecule has 0 saturated carbocycles. The summed E-state index contributed by atoms with van der Waals surface area (Å²) in [7, 11) is 0. The molecule has 1 aliphatic heterocycles. The van der Waals surface area contributed by atoms with Crippen LogP contribution in [0, 0.1) is 0 Å². The lowest BCUT2D eigenvalue weighted by Crippen LogP contribution is -2.24. The molecule has 0 radical (unpaired) electrons. The number of pyridine rings is 1. The fourth-order valence-corrected chi connectivity index (χ4v) is 3.35. The minimum Gasteiger partial charge on any atom is -0.352 e. The Hall–Kier alpha value is -2.58. The number of halogens is 1. The second kappa shape index (κ2) is 6.50. The van der Waals surface area contributed by atoms with Crippen molar-refractivity contribution in [3.05, 3.63) is 94.9 Å². The molecular weight excluding hydrogens is 316 g/mol. The number of nitrogens with zero attached hydrogens (tertiary/aromatic N) is 2. The minimum atomic E-state index is 0.707. The van der Waals surface area contributed by atoms with E-state index in [1.165, 1.54) is 22.3 Å². The zero-order chi connectivity index (χ0) is 16.4. The van der Waals surface area contributed by atoms with Crippen molar-refractivity contribution in [1.29, 1.82) is 0 Å². The lowest BCUT2D eigenvalue weighted by molar-refractivity contribution is 0.344. The van der Waals surface area contributed by atoms with Gasteiger partial charge in [0, 0.05) is 12.7 Å². The summed E-state index contributed by atoms with van der Waals surface area (Å²) in [6, 6.07) is 22.9. The van der Waals surface area contributed by atoms with Gasteiger partial charge in [-0.1, -0.05) is 66.2 Å². The molecule has 118 valence electrons. The third kappa shape index (κ3) is 2.93. The number of rotatable bonds is 3. The number of benzene rings is 2. The Morgan fingerprint density at radius 3 is 2.54 bits per heavy atom. The average molecular weight is 333 g/mol. The van der Waals surface area contributed by atoms with Gasteiger partial charge < -0.3 is 4.90 Å². The smallest absolute Gasteiger partial charge is 0.106 e. The van der Waals surface area contributed by atoms with Gasteiger partial charge in [0.15, 0.2) is 0 Å². The van der Waals surface area contributed by atoms with Gasteiger partial charge in [-0.05, 0) is 40.5 Å². The van der Waals surface area contributed by atoms with Gasteiger partial charge in [-0.15, -0.1) is 0 Å². The highest BCUT2D eigenvalue weighted by atomic mass is 35.5. The number of fused-ring (bicyclic) bond motifs is 1. The molecular formula is C21H17ClN2. The van der Waals surface area contributed by atoms with Gasteiger partial charge in [0.25, 0.3) is 0 Å². The van der Waals surface area contributed by atoms with Crippen molar-refractivity contribution in [2.75, 3.05) is 0 Å². The first-order valence-electron chi connectivity index (χ1n) is 8.00. The molecule has 0 saturated heterocycles. The maximum atomic E-state index is 6.52. The van der Waals surface area contributed by atoms with Crippen LogP contribution in [0.1, 0.15) is 16.8 Å². The maximum absolute atomic E-state index is 6.52. The van der Waals surface area contributed by atoms with Gasteiger partial charge in [-0.2, -0.15) is 0 Å². The Labute approximate surface area is 147 Å². The molecule has 2 nitrogen and oxygen atoms in total. The van der Waals surface area contributed by atoms with Gasteiger partial charge in [-0.3, -0.25) is 4.98 Å². The van der Waals surface area contributed by atoms with Crippen LogP contribution in [-0.4, -0.2) is 9.88 Å². The van der Waals surface area contributed by atoms with Crippen molar-refractivity contribution in [2.45, 2.75) is 13.1 Å². The summed E-state index contributed by atoms with van der Waals surface area (Å²) in [6.45, 7) is 1.49. The van der Waals surface area contributed by atoms with E-state index in [1.807, 2.05) is 30.5 Å². The van der Waals surface area contributed by atoms with E-state index < -0.39 is 0 Å². The fraction of sp³-hybridized carbons (Fsp3) is 0.0952. The minimum absolute atomic E-state index is 0.707. The molecule has 24 heavy (non-hydrogen) atoms. The van der Waals surface area contributed by atoms with Gasteiger partial charge in [0.05, 0.1) is 12.2 Å². The zero-order valence-electron chi connectivity index (χ0n) is 13.2. The van der Waals surface area contributed by atoms with Crippen LogP contribution in [0.2, 0.25) is 0 Å². The first kappa shape index (κ1) is 15.0. The fourth-order valence-electron chi connectivity index (χ4n) is 3.11. The molecule has 2 heterocycles. The van der Waals surface area contributed by atoms with Crippen molar-refractivity contribution in [3.8, 4) is 11.1 Å². The number of hydrogen-bond donors (Lipinski definition) is 0. The van der Waals surface area contributed by atoms with Crippen LogP contribution in [-0.2, 0) is 13.1 Å². The quantitative estimate of drug-likeness (QED) is 0.605. The Balaban J connectivity index is 1.71. The van der Waals surface area contributed by atoms with E-state index in [0.717, 1.165) is 17.4 Å². The third-order valence-corrected chi connectivity index (χ3v) is 4.65. The summed E-state index contributed by atoms with van der Waals surface area (Å²) in [4.78, 5) is 6.58. The number of aromatic nitrogens is 1. The molecule has 0 spiro atoms. The molecule has 4 rings (SSSR count). The van der Waals surface area contributed by atoms with Crippen molar-refractivity contribution >= 4 is 17.7 Å². The molecule has 1 aliphatic rings. The molecule has 0 aliphatic carbocycles. The second-order valence-electron chi connectivity index (χ2n) is 5.88. The van der Waals surface area contributed by atoms with Crippen LogP contribution < -0.4 is 0 Å². The summed E-state index contributed by atoms with van der Waals surface area (Å²) in [5, 5.41) is 0.762. The summed E-state index contributed by atoms with van der Waals surface area (Å²) in [5.74, 6) is 0. The standard InChI is InChI=1S/C21H17ClN2/c22-21-13-17-9-6-11-19(16-7-2-1-3-8-16)20(17)15-24(21)14-18-10-4-5-12-23-18/h1-13H,14-15H2. The Morgan fingerprint density at radius 2 is 1.75 bits per heavy atom. The lowest BCUT2D eigenvalue weighted by Gasteiger charge is -2.30. The predicted molar refractivity (Wildman–Crippen MR) is 99.2 cm³/mol. The summed E-state index contributed by atoms with van der Waals surface area (Å²) in [6.07, 6.45) is 3.87. The molecule has 0 amide bonds. The Kier molecular flexibility index (Phi) is 4.06. The van der Waals surface area contributed by atoms with E-state index in [0.29, 0.717) is 6.54 Å². The van der Waals surface area contributed by atoms with E-state index in [-0.39, 0.29) is 0 Å². The SMILES string of the molecule is ClC1=Cc2cccc(-c3ccccc3)c2CN1Cc1ccccn1.